The molecule has 0 saturated carbocycles. The lowest BCUT2D eigenvalue weighted by Gasteiger charge is -2.30. The summed E-state index contributed by atoms with van der Waals surface area (Å²) in [5.41, 5.74) is 2.60. The normalized spacial score (nSPS) is 20.1. The van der Waals surface area contributed by atoms with E-state index in [0.29, 0.717) is 16.5 Å². The van der Waals surface area contributed by atoms with Crippen molar-refractivity contribution >= 4 is 29.9 Å². The van der Waals surface area contributed by atoms with Crippen LogP contribution in [-0.4, -0.2) is 25.0 Å². The molecule has 2 aromatic carbocycles. The molecule has 1 fully saturated rings. The van der Waals surface area contributed by atoms with E-state index in [9.17, 15) is 4.79 Å². The Labute approximate surface area is 154 Å². The molecule has 5 heteroatoms. The molecule has 24 heavy (non-hydrogen) atoms. The molecule has 2 atom stereocenters. The summed E-state index contributed by atoms with van der Waals surface area (Å²) < 4.78 is 0. The van der Waals surface area contributed by atoms with E-state index >= 15 is 0 Å². The van der Waals surface area contributed by atoms with Crippen molar-refractivity contribution in [3.8, 4) is 11.1 Å². The van der Waals surface area contributed by atoms with Crippen LogP contribution in [0, 0.1) is 5.92 Å². The van der Waals surface area contributed by atoms with Crippen molar-refractivity contribution < 1.29 is 4.79 Å². The second kappa shape index (κ2) is 8.52. The molecule has 3 rings (SSSR count). The van der Waals surface area contributed by atoms with Crippen molar-refractivity contribution in [1.82, 2.24) is 10.6 Å². The van der Waals surface area contributed by atoms with Gasteiger partial charge in [-0.15, -0.1) is 12.4 Å². The van der Waals surface area contributed by atoms with Crippen LogP contribution >= 0.6 is 24.0 Å². The minimum absolute atomic E-state index is 0. The lowest BCUT2D eigenvalue weighted by molar-refractivity contribution is 0.0915. The van der Waals surface area contributed by atoms with Gasteiger partial charge in [-0.25, -0.2) is 0 Å². The molecule has 1 aliphatic rings. The van der Waals surface area contributed by atoms with Gasteiger partial charge in [0.1, 0.15) is 0 Å². The first-order valence-electron chi connectivity index (χ1n) is 8.01. The zero-order valence-corrected chi connectivity index (χ0v) is 15.2. The average molecular weight is 365 g/mol. The van der Waals surface area contributed by atoms with E-state index in [0.717, 1.165) is 30.6 Å². The van der Waals surface area contributed by atoms with Crippen molar-refractivity contribution in [3.05, 3.63) is 59.1 Å². The minimum atomic E-state index is -0.103. The summed E-state index contributed by atoms with van der Waals surface area (Å²) >= 11 is 6.26. The molecule has 1 heterocycles. The summed E-state index contributed by atoms with van der Waals surface area (Å²) in [6.07, 6.45) is 1.07. The topological polar surface area (TPSA) is 41.1 Å². The fourth-order valence-electron chi connectivity index (χ4n) is 2.94. The van der Waals surface area contributed by atoms with Gasteiger partial charge in [-0.3, -0.25) is 4.79 Å². The second-order valence-corrected chi connectivity index (χ2v) is 6.52. The number of piperidine rings is 1. The third-order valence-corrected chi connectivity index (χ3v) is 4.79. The van der Waals surface area contributed by atoms with Gasteiger partial charge >= 0.3 is 0 Å². The highest BCUT2D eigenvalue weighted by atomic mass is 35.5. The number of carbonyl (C=O) groups is 1. The number of rotatable bonds is 3. The van der Waals surface area contributed by atoms with Crippen LogP contribution in [0.15, 0.2) is 48.5 Å². The van der Waals surface area contributed by atoms with E-state index in [2.05, 4.69) is 17.6 Å². The van der Waals surface area contributed by atoms with Crippen molar-refractivity contribution in [3.63, 3.8) is 0 Å². The number of halogens is 2. The van der Waals surface area contributed by atoms with Gasteiger partial charge < -0.3 is 10.6 Å². The summed E-state index contributed by atoms with van der Waals surface area (Å²) in [7, 11) is 0. The molecule has 1 aliphatic heterocycles. The van der Waals surface area contributed by atoms with Crippen LogP contribution in [0.1, 0.15) is 23.7 Å². The summed E-state index contributed by atoms with van der Waals surface area (Å²) in [6, 6.07) is 15.8. The predicted molar refractivity (Wildman–Crippen MR) is 102 cm³/mol. The van der Waals surface area contributed by atoms with Crippen LogP contribution in [0.3, 0.4) is 0 Å². The first-order valence-corrected chi connectivity index (χ1v) is 8.39. The third-order valence-electron chi connectivity index (χ3n) is 4.46. The molecule has 0 bridgehead atoms. The van der Waals surface area contributed by atoms with Crippen LogP contribution < -0.4 is 10.6 Å². The van der Waals surface area contributed by atoms with E-state index in [-0.39, 0.29) is 24.4 Å². The molecule has 2 unspecified atom stereocenters. The largest absolute Gasteiger partial charge is 0.348 e. The van der Waals surface area contributed by atoms with Crippen LogP contribution in [0.25, 0.3) is 11.1 Å². The van der Waals surface area contributed by atoms with Crippen molar-refractivity contribution in [2.45, 2.75) is 19.4 Å². The van der Waals surface area contributed by atoms with E-state index < -0.39 is 0 Å². The van der Waals surface area contributed by atoms with Gasteiger partial charge in [0, 0.05) is 12.6 Å². The van der Waals surface area contributed by atoms with Gasteiger partial charge in [0.15, 0.2) is 0 Å². The highest BCUT2D eigenvalue weighted by Gasteiger charge is 2.24. The summed E-state index contributed by atoms with van der Waals surface area (Å²) in [5.74, 6) is 0.365. The molecular formula is C19H22Cl2N2O. The Morgan fingerprint density at radius 1 is 1.17 bits per heavy atom. The maximum atomic E-state index is 12.6. The fourth-order valence-corrected chi connectivity index (χ4v) is 3.14. The maximum Gasteiger partial charge on any atom is 0.253 e. The molecule has 2 N–H and O–H groups in total. The number of hydrogen-bond donors (Lipinski definition) is 2. The number of hydrogen-bond acceptors (Lipinski definition) is 2. The molecule has 1 saturated heterocycles. The van der Waals surface area contributed by atoms with Crippen LogP contribution in [0.4, 0.5) is 0 Å². The Balaban J connectivity index is 0.00000208. The van der Waals surface area contributed by atoms with Crippen LogP contribution in [-0.2, 0) is 0 Å². The van der Waals surface area contributed by atoms with E-state index in [1.54, 1.807) is 6.07 Å². The molecule has 0 aliphatic carbocycles. The summed E-state index contributed by atoms with van der Waals surface area (Å²) in [6.45, 7) is 3.99. The minimum Gasteiger partial charge on any atom is -0.348 e. The van der Waals surface area contributed by atoms with Crippen molar-refractivity contribution in [2.24, 2.45) is 5.92 Å². The van der Waals surface area contributed by atoms with Gasteiger partial charge in [-0.05, 0) is 42.1 Å². The van der Waals surface area contributed by atoms with Gasteiger partial charge in [0.2, 0.25) is 0 Å². The first-order chi connectivity index (χ1) is 11.1. The van der Waals surface area contributed by atoms with Gasteiger partial charge in [-0.1, -0.05) is 54.9 Å². The van der Waals surface area contributed by atoms with Gasteiger partial charge in [-0.2, -0.15) is 0 Å². The predicted octanol–water partition coefficient (Wildman–Crippen LogP) is 4.16. The Hall–Kier alpha value is -1.55. The summed E-state index contributed by atoms with van der Waals surface area (Å²) in [5, 5.41) is 6.93. The summed E-state index contributed by atoms with van der Waals surface area (Å²) in [4.78, 5) is 12.6. The molecule has 3 nitrogen and oxygen atoms in total. The maximum absolute atomic E-state index is 12.6. The number of carbonyl (C=O) groups excluding carboxylic acids is 1. The number of benzene rings is 2. The molecule has 2 aromatic rings. The van der Waals surface area contributed by atoms with Crippen molar-refractivity contribution in [1.29, 1.82) is 0 Å². The number of nitrogens with one attached hydrogen (secondary N) is 2. The standard InChI is InChI=1S/C19H21ClN2O.ClH/c1-13-9-10-21-12-18(13)22-19(23)16-11-15(7-8-17(16)20)14-5-3-2-4-6-14;/h2-8,11,13,18,21H,9-10,12H2,1H3,(H,22,23);1H. The van der Waals surface area contributed by atoms with Crippen molar-refractivity contribution in [2.75, 3.05) is 13.1 Å². The molecular weight excluding hydrogens is 343 g/mol. The first kappa shape index (κ1) is 18.8. The zero-order chi connectivity index (χ0) is 16.2. The molecule has 128 valence electrons. The Kier molecular flexibility index (Phi) is 6.67. The highest BCUT2D eigenvalue weighted by Crippen LogP contribution is 2.25. The molecule has 1 amide bonds. The Morgan fingerprint density at radius 3 is 2.62 bits per heavy atom. The smallest absolute Gasteiger partial charge is 0.253 e. The van der Waals surface area contributed by atoms with E-state index in [1.807, 2.05) is 42.5 Å². The molecule has 0 aromatic heterocycles. The van der Waals surface area contributed by atoms with Crippen LogP contribution in [0.2, 0.25) is 5.02 Å². The third kappa shape index (κ3) is 4.29. The van der Waals surface area contributed by atoms with E-state index in [4.69, 9.17) is 11.6 Å². The van der Waals surface area contributed by atoms with Crippen LogP contribution in [0.5, 0.6) is 0 Å². The average Bonchev–Trinajstić information content (AvgIpc) is 2.58. The van der Waals surface area contributed by atoms with Gasteiger partial charge in [0.25, 0.3) is 5.91 Å². The highest BCUT2D eigenvalue weighted by molar-refractivity contribution is 6.34. The molecule has 0 spiro atoms. The SMILES string of the molecule is CC1CCNCC1NC(=O)c1cc(-c2ccccc2)ccc1Cl.Cl. The zero-order valence-electron chi connectivity index (χ0n) is 13.6. The lowest BCUT2D eigenvalue weighted by Crippen LogP contribution is -2.50. The molecule has 0 radical (unpaired) electrons. The monoisotopic (exact) mass is 364 g/mol. The lowest BCUT2D eigenvalue weighted by atomic mass is 9.94. The Bertz CT molecular complexity index is 691. The fraction of sp³-hybridized carbons (Fsp3) is 0.316. The number of amides is 1. The van der Waals surface area contributed by atoms with E-state index in [1.165, 1.54) is 0 Å². The second-order valence-electron chi connectivity index (χ2n) is 6.11. The quantitative estimate of drug-likeness (QED) is 0.858. The Morgan fingerprint density at radius 2 is 1.92 bits per heavy atom. The van der Waals surface area contributed by atoms with Gasteiger partial charge in [0.05, 0.1) is 10.6 Å².